The highest BCUT2D eigenvalue weighted by Gasteiger charge is 2.60. The molecule has 1 saturated carbocycles. The number of rotatable bonds is 6. The summed E-state index contributed by atoms with van der Waals surface area (Å²) in [6.45, 7) is 3.39. The number of carbonyl (C=O) groups excluding carboxylic acids is 1. The van der Waals surface area contributed by atoms with Gasteiger partial charge in [0.2, 0.25) is 10.0 Å². The third kappa shape index (κ3) is 5.79. The van der Waals surface area contributed by atoms with Crippen molar-refractivity contribution in [2.75, 3.05) is 26.2 Å². The zero-order valence-electron chi connectivity index (χ0n) is 23.7. The van der Waals surface area contributed by atoms with Gasteiger partial charge in [0.25, 0.3) is 0 Å². The van der Waals surface area contributed by atoms with E-state index in [1.807, 2.05) is 0 Å². The second-order valence-corrected chi connectivity index (χ2v) is 14.0. The van der Waals surface area contributed by atoms with E-state index in [0.717, 1.165) is 38.1 Å². The lowest BCUT2D eigenvalue weighted by atomic mass is 9.90. The molecule has 2 atom stereocenters. The summed E-state index contributed by atoms with van der Waals surface area (Å²) in [7, 11) is -4.39. The van der Waals surface area contributed by atoms with Crippen LogP contribution in [0.1, 0.15) is 75.8 Å². The van der Waals surface area contributed by atoms with Crippen molar-refractivity contribution in [2.45, 2.75) is 92.8 Å². The van der Waals surface area contributed by atoms with Crippen LogP contribution in [0.4, 0.5) is 18.0 Å². The van der Waals surface area contributed by atoms with Crippen LogP contribution < -0.4 is 0 Å². The van der Waals surface area contributed by atoms with E-state index in [1.54, 1.807) is 11.0 Å². The molecule has 4 aliphatic rings. The average molecular weight is 606 g/mol. The van der Waals surface area contributed by atoms with E-state index in [9.17, 15) is 26.4 Å². The van der Waals surface area contributed by atoms with Crippen LogP contribution in [0.3, 0.4) is 0 Å². The molecule has 3 aliphatic heterocycles. The topological polar surface area (TPSA) is 70.2 Å². The number of amides is 1. The summed E-state index contributed by atoms with van der Waals surface area (Å²) in [6, 6.07) is 7.28. The maximum absolute atomic E-state index is 14.3. The summed E-state index contributed by atoms with van der Waals surface area (Å²) < 4.78 is 78.1. The molecule has 0 unspecified atom stereocenters. The Bertz CT molecular complexity index is 1410. The molecule has 228 valence electrons. The monoisotopic (exact) mass is 605 g/mol. The van der Waals surface area contributed by atoms with Crippen molar-refractivity contribution in [3.8, 4) is 0 Å². The standard InChI is InChI=1S/C31H38F3N3O4S/c32-23-7-4-6-22(20-23)28-8-5-9-29(37(28)42(39,40)25-10-11-26(33)27(34)21-25)31(14-15-31)41-30(38)36-18-12-24(13-19-36)35-16-2-1-3-17-35/h4,6-7,10-11,20-21,24,28-29H,1-3,5,8-9,12-19H2/t28-,29+/m0/s1. The van der Waals surface area contributed by atoms with Crippen molar-refractivity contribution in [3.63, 3.8) is 0 Å². The van der Waals surface area contributed by atoms with Gasteiger partial charge in [-0.25, -0.2) is 26.4 Å². The SMILES string of the molecule is O=C(OC1([C@H]2CCC[C@@H](c3cccc(F)c3)N2S(=O)(=O)c2ccc(F)c(F)c2)CC1)N1CCC(N2CCCCC2)CC1. The number of sulfonamides is 1. The second-order valence-electron chi connectivity index (χ2n) is 12.2. The summed E-state index contributed by atoms with van der Waals surface area (Å²) in [4.78, 5) is 17.3. The molecule has 2 aromatic rings. The van der Waals surface area contributed by atoms with Gasteiger partial charge < -0.3 is 14.5 Å². The Morgan fingerprint density at radius 2 is 1.57 bits per heavy atom. The van der Waals surface area contributed by atoms with Gasteiger partial charge in [0.1, 0.15) is 11.4 Å². The van der Waals surface area contributed by atoms with Crippen LogP contribution in [0.25, 0.3) is 0 Å². The Labute approximate surface area is 245 Å². The molecule has 7 nitrogen and oxygen atoms in total. The van der Waals surface area contributed by atoms with Crippen LogP contribution in [0, 0.1) is 17.5 Å². The first-order valence-corrected chi connectivity index (χ1v) is 16.6. The molecule has 0 spiro atoms. The van der Waals surface area contributed by atoms with Crippen molar-refractivity contribution in [1.82, 2.24) is 14.1 Å². The van der Waals surface area contributed by atoms with E-state index in [-0.39, 0.29) is 0 Å². The lowest BCUT2D eigenvalue weighted by molar-refractivity contribution is -0.0144. The smallest absolute Gasteiger partial charge is 0.410 e. The van der Waals surface area contributed by atoms with Crippen molar-refractivity contribution in [1.29, 1.82) is 0 Å². The lowest BCUT2D eigenvalue weighted by Crippen LogP contribution is -2.55. The van der Waals surface area contributed by atoms with Crippen molar-refractivity contribution in [2.24, 2.45) is 0 Å². The highest BCUT2D eigenvalue weighted by Crippen LogP contribution is 2.52. The fraction of sp³-hybridized carbons (Fsp3) is 0.581. The fourth-order valence-electron chi connectivity index (χ4n) is 7.15. The summed E-state index contributed by atoms with van der Waals surface area (Å²) in [5.74, 6) is -2.92. The van der Waals surface area contributed by atoms with Crippen LogP contribution in [0.15, 0.2) is 47.4 Å². The number of ether oxygens (including phenoxy) is 1. The highest BCUT2D eigenvalue weighted by atomic mass is 32.2. The number of benzene rings is 2. The minimum absolute atomic E-state index is 0.392. The van der Waals surface area contributed by atoms with Gasteiger partial charge in [0, 0.05) is 19.1 Å². The molecule has 11 heteroatoms. The van der Waals surface area contributed by atoms with E-state index < -0.39 is 56.1 Å². The van der Waals surface area contributed by atoms with Gasteiger partial charge >= 0.3 is 6.09 Å². The third-order valence-electron chi connectivity index (χ3n) is 9.54. The predicted octanol–water partition coefficient (Wildman–Crippen LogP) is 6.01. The first-order chi connectivity index (χ1) is 20.2. The summed E-state index contributed by atoms with van der Waals surface area (Å²) in [5.41, 5.74) is -0.564. The van der Waals surface area contributed by atoms with Crippen LogP contribution in [-0.2, 0) is 14.8 Å². The molecule has 0 bridgehead atoms. The van der Waals surface area contributed by atoms with Crippen molar-refractivity contribution < 1.29 is 31.1 Å². The van der Waals surface area contributed by atoms with Gasteiger partial charge in [-0.15, -0.1) is 0 Å². The molecule has 3 heterocycles. The van der Waals surface area contributed by atoms with Gasteiger partial charge in [0.05, 0.1) is 17.0 Å². The largest absolute Gasteiger partial charge is 0.441 e. The summed E-state index contributed by atoms with van der Waals surface area (Å²) >= 11 is 0. The molecule has 1 amide bonds. The first-order valence-electron chi connectivity index (χ1n) is 15.1. The van der Waals surface area contributed by atoms with Crippen LogP contribution in [0.5, 0.6) is 0 Å². The molecule has 0 N–H and O–H groups in total. The number of likely N-dealkylation sites (tertiary alicyclic amines) is 2. The molecule has 6 rings (SSSR count). The number of hydrogen-bond donors (Lipinski definition) is 0. The van der Waals surface area contributed by atoms with Crippen molar-refractivity contribution >= 4 is 16.1 Å². The Hall–Kier alpha value is -2.63. The molecule has 3 saturated heterocycles. The molecular formula is C31H38F3N3O4S. The highest BCUT2D eigenvalue weighted by molar-refractivity contribution is 7.89. The van der Waals surface area contributed by atoms with Gasteiger partial charge in [0.15, 0.2) is 11.6 Å². The Kier molecular flexibility index (Phi) is 8.28. The zero-order valence-corrected chi connectivity index (χ0v) is 24.5. The minimum Gasteiger partial charge on any atom is -0.441 e. The molecule has 42 heavy (non-hydrogen) atoms. The Morgan fingerprint density at radius 3 is 2.24 bits per heavy atom. The molecule has 1 aliphatic carbocycles. The van der Waals surface area contributed by atoms with E-state index in [0.29, 0.717) is 62.9 Å². The maximum atomic E-state index is 14.3. The van der Waals surface area contributed by atoms with E-state index >= 15 is 0 Å². The normalized spacial score (nSPS) is 25.7. The van der Waals surface area contributed by atoms with E-state index in [1.165, 1.54) is 41.8 Å². The van der Waals surface area contributed by atoms with Crippen LogP contribution in [-0.4, -0.2) is 72.5 Å². The van der Waals surface area contributed by atoms with E-state index in [2.05, 4.69) is 4.90 Å². The van der Waals surface area contributed by atoms with Gasteiger partial charge in [-0.05, 0) is 107 Å². The molecule has 2 aromatic carbocycles. The number of piperidine rings is 3. The Morgan fingerprint density at radius 1 is 0.833 bits per heavy atom. The fourth-order valence-corrected chi connectivity index (χ4v) is 9.09. The number of hydrogen-bond acceptors (Lipinski definition) is 5. The van der Waals surface area contributed by atoms with Gasteiger partial charge in [-0.2, -0.15) is 4.31 Å². The van der Waals surface area contributed by atoms with Crippen LogP contribution in [0.2, 0.25) is 0 Å². The lowest BCUT2D eigenvalue weighted by Gasteiger charge is -2.45. The average Bonchev–Trinajstić information content (AvgIpc) is 3.79. The van der Waals surface area contributed by atoms with Crippen molar-refractivity contribution in [3.05, 3.63) is 65.5 Å². The molecule has 0 radical (unpaired) electrons. The second kappa shape index (κ2) is 11.8. The quantitative estimate of drug-likeness (QED) is 0.404. The minimum atomic E-state index is -4.39. The third-order valence-corrected chi connectivity index (χ3v) is 11.5. The Balaban J connectivity index is 1.25. The van der Waals surface area contributed by atoms with Crippen LogP contribution >= 0.6 is 0 Å². The van der Waals surface area contributed by atoms with E-state index in [4.69, 9.17) is 4.74 Å². The number of nitrogens with zero attached hydrogens (tertiary/aromatic N) is 3. The number of halogens is 3. The number of carbonyl (C=O) groups is 1. The molecular weight excluding hydrogens is 567 g/mol. The summed E-state index contributed by atoms with van der Waals surface area (Å²) in [5, 5.41) is 0. The van der Waals surface area contributed by atoms with Gasteiger partial charge in [-0.3, -0.25) is 0 Å². The molecule has 0 aromatic heterocycles. The maximum Gasteiger partial charge on any atom is 0.410 e. The zero-order chi connectivity index (χ0) is 29.5. The van der Waals surface area contributed by atoms with Gasteiger partial charge in [-0.1, -0.05) is 18.6 Å². The first kappa shape index (κ1) is 29.4. The predicted molar refractivity (Wildman–Crippen MR) is 151 cm³/mol. The molecule has 4 fully saturated rings. The summed E-state index contributed by atoms with van der Waals surface area (Å²) in [6.07, 6.45) is 7.48.